The monoisotopic (exact) mass is 302 g/mol. The van der Waals surface area contributed by atoms with E-state index >= 15 is 0 Å². The number of hydrogen-bond acceptors (Lipinski definition) is 3. The second kappa shape index (κ2) is 7.75. The summed E-state index contributed by atoms with van der Waals surface area (Å²) in [6.07, 6.45) is 4.70. The third kappa shape index (κ3) is 3.95. The van der Waals surface area contributed by atoms with Crippen molar-refractivity contribution in [1.29, 1.82) is 0 Å². The first kappa shape index (κ1) is 16.2. The normalized spacial score (nSPS) is 16.3. The third-order valence-corrected chi connectivity index (χ3v) is 3.70. The van der Waals surface area contributed by atoms with E-state index < -0.39 is 0 Å². The standard InChI is InChI=1S/C17H22N2O3/c1-13(20)19-10-8-14-6-3-4-7-15(14)16(19)12-17(21)18-9-5-11-22-2/h3-4,6-8,10,16H,5,9,11-12H2,1-2H3,(H,18,21). The Labute approximate surface area is 130 Å². The first-order valence-electron chi connectivity index (χ1n) is 7.45. The number of carbonyl (C=O) groups excluding carboxylic acids is 2. The van der Waals surface area contributed by atoms with Crippen LogP contribution in [0.1, 0.15) is 36.9 Å². The lowest BCUT2D eigenvalue weighted by molar-refractivity contribution is -0.129. The lowest BCUT2D eigenvalue weighted by atomic mass is 9.93. The molecule has 1 aromatic carbocycles. The van der Waals surface area contributed by atoms with Crippen LogP contribution in [0.25, 0.3) is 6.08 Å². The molecule has 5 nitrogen and oxygen atoms in total. The van der Waals surface area contributed by atoms with Gasteiger partial charge < -0.3 is 15.0 Å². The molecular formula is C17H22N2O3. The zero-order valence-electron chi connectivity index (χ0n) is 13.0. The van der Waals surface area contributed by atoms with Crippen molar-refractivity contribution in [2.24, 2.45) is 0 Å². The molecule has 0 fully saturated rings. The minimum absolute atomic E-state index is 0.0579. The molecule has 0 aliphatic carbocycles. The molecule has 1 aliphatic rings. The first-order chi connectivity index (χ1) is 10.6. The lowest BCUT2D eigenvalue weighted by Crippen LogP contribution is -2.35. The molecule has 2 rings (SSSR count). The molecule has 0 saturated heterocycles. The van der Waals surface area contributed by atoms with Crippen molar-refractivity contribution in [2.75, 3.05) is 20.3 Å². The molecule has 0 spiro atoms. The van der Waals surface area contributed by atoms with Gasteiger partial charge in [-0.3, -0.25) is 9.59 Å². The van der Waals surface area contributed by atoms with Crippen LogP contribution in [0, 0.1) is 0 Å². The molecule has 1 heterocycles. The lowest BCUT2D eigenvalue weighted by Gasteiger charge is -2.32. The number of methoxy groups -OCH3 is 1. The van der Waals surface area contributed by atoms with Gasteiger partial charge in [0, 0.05) is 33.4 Å². The fourth-order valence-corrected chi connectivity index (χ4v) is 2.61. The maximum atomic E-state index is 12.1. The summed E-state index contributed by atoms with van der Waals surface area (Å²) in [6, 6.07) is 7.60. The van der Waals surface area contributed by atoms with Gasteiger partial charge in [-0.25, -0.2) is 0 Å². The van der Waals surface area contributed by atoms with E-state index in [2.05, 4.69) is 5.32 Å². The Morgan fingerprint density at radius 2 is 2.09 bits per heavy atom. The molecule has 0 bridgehead atoms. The van der Waals surface area contributed by atoms with Crippen LogP contribution in [0.5, 0.6) is 0 Å². The summed E-state index contributed by atoms with van der Waals surface area (Å²) in [5.41, 5.74) is 2.06. The number of ether oxygens (including phenoxy) is 1. The molecule has 0 aromatic heterocycles. The van der Waals surface area contributed by atoms with Gasteiger partial charge in [-0.15, -0.1) is 0 Å². The number of rotatable bonds is 6. The van der Waals surface area contributed by atoms with Gasteiger partial charge in [-0.05, 0) is 23.6 Å². The first-order valence-corrected chi connectivity index (χ1v) is 7.45. The molecule has 5 heteroatoms. The van der Waals surface area contributed by atoms with Crippen LogP contribution in [0.4, 0.5) is 0 Å². The van der Waals surface area contributed by atoms with Crippen LogP contribution in [-0.2, 0) is 14.3 Å². The van der Waals surface area contributed by atoms with Crippen LogP contribution in [0.15, 0.2) is 30.5 Å². The van der Waals surface area contributed by atoms with Crippen LogP contribution in [0.3, 0.4) is 0 Å². The Morgan fingerprint density at radius 1 is 1.32 bits per heavy atom. The number of amides is 2. The molecule has 1 aliphatic heterocycles. The Kier molecular flexibility index (Phi) is 5.72. The number of hydrogen-bond donors (Lipinski definition) is 1. The SMILES string of the molecule is COCCCNC(=O)CC1c2ccccc2C=CN1C(C)=O. The van der Waals surface area contributed by atoms with E-state index in [1.54, 1.807) is 18.2 Å². The largest absolute Gasteiger partial charge is 0.385 e. The zero-order valence-corrected chi connectivity index (χ0v) is 13.0. The van der Waals surface area contributed by atoms with E-state index in [1.165, 1.54) is 6.92 Å². The highest BCUT2D eigenvalue weighted by atomic mass is 16.5. The maximum absolute atomic E-state index is 12.1. The average molecular weight is 302 g/mol. The van der Waals surface area contributed by atoms with Crippen molar-refractivity contribution in [3.05, 3.63) is 41.6 Å². The Bertz CT molecular complexity index is 569. The van der Waals surface area contributed by atoms with Crippen molar-refractivity contribution in [3.8, 4) is 0 Å². The second-order valence-corrected chi connectivity index (χ2v) is 5.29. The molecule has 0 radical (unpaired) electrons. The summed E-state index contributed by atoms with van der Waals surface area (Å²) in [4.78, 5) is 25.6. The molecular weight excluding hydrogens is 280 g/mol. The predicted molar refractivity (Wildman–Crippen MR) is 84.9 cm³/mol. The maximum Gasteiger partial charge on any atom is 0.223 e. The Hall–Kier alpha value is -2.14. The van der Waals surface area contributed by atoms with Crippen LogP contribution >= 0.6 is 0 Å². The zero-order chi connectivity index (χ0) is 15.9. The summed E-state index contributed by atoms with van der Waals surface area (Å²) in [5, 5.41) is 2.87. The van der Waals surface area contributed by atoms with E-state index in [-0.39, 0.29) is 24.3 Å². The van der Waals surface area contributed by atoms with Crippen LogP contribution in [-0.4, -0.2) is 37.0 Å². The van der Waals surface area contributed by atoms with Gasteiger partial charge in [-0.2, -0.15) is 0 Å². The minimum Gasteiger partial charge on any atom is -0.385 e. The van der Waals surface area contributed by atoms with E-state index in [0.29, 0.717) is 13.2 Å². The second-order valence-electron chi connectivity index (χ2n) is 5.29. The van der Waals surface area contributed by atoms with E-state index in [1.807, 2.05) is 30.3 Å². The summed E-state index contributed by atoms with van der Waals surface area (Å²) in [7, 11) is 1.64. The predicted octanol–water partition coefficient (Wildman–Crippen LogP) is 2.10. The van der Waals surface area contributed by atoms with Gasteiger partial charge in [0.05, 0.1) is 12.5 Å². The fourth-order valence-electron chi connectivity index (χ4n) is 2.61. The van der Waals surface area contributed by atoms with Crippen molar-refractivity contribution in [1.82, 2.24) is 10.2 Å². The highest BCUT2D eigenvalue weighted by Crippen LogP contribution is 2.32. The van der Waals surface area contributed by atoms with Gasteiger partial charge in [-0.1, -0.05) is 24.3 Å². The van der Waals surface area contributed by atoms with Gasteiger partial charge >= 0.3 is 0 Å². The molecule has 22 heavy (non-hydrogen) atoms. The molecule has 1 N–H and O–H groups in total. The summed E-state index contributed by atoms with van der Waals surface area (Å²) < 4.78 is 4.96. The molecule has 0 saturated carbocycles. The number of nitrogens with one attached hydrogen (secondary N) is 1. The quantitative estimate of drug-likeness (QED) is 0.819. The van der Waals surface area contributed by atoms with Gasteiger partial charge in [0.15, 0.2) is 0 Å². The van der Waals surface area contributed by atoms with Crippen molar-refractivity contribution >= 4 is 17.9 Å². The molecule has 118 valence electrons. The molecule has 1 aromatic rings. The molecule has 1 unspecified atom stereocenters. The summed E-state index contributed by atoms with van der Waals surface area (Å²) in [5.74, 6) is -0.125. The Morgan fingerprint density at radius 3 is 2.82 bits per heavy atom. The van der Waals surface area contributed by atoms with E-state index in [0.717, 1.165) is 17.5 Å². The van der Waals surface area contributed by atoms with E-state index in [9.17, 15) is 9.59 Å². The summed E-state index contributed by atoms with van der Waals surface area (Å²) in [6.45, 7) is 2.72. The average Bonchev–Trinajstić information content (AvgIpc) is 2.51. The van der Waals surface area contributed by atoms with Gasteiger partial charge in [0.25, 0.3) is 0 Å². The van der Waals surface area contributed by atoms with Gasteiger partial charge in [0.1, 0.15) is 0 Å². The van der Waals surface area contributed by atoms with Crippen molar-refractivity contribution < 1.29 is 14.3 Å². The number of fused-ring (bicyclic) bond motifs is 1. The smallest absolute Gasteiger partial charge is 0.223 e. The number of nitrogens with zero attached hydrogens (tertiary/aromatic N) is 1. The van der Waals surface area contributed by atoms with Gasteiger partial charge in [0.2, 0.25) is 11.8 Å². The Balaban J connectivity index is 2.07. The highest BCUT2D eigenvalue weighted by molar-refractivity contribution is 5.81. The topological polar surface area (TPSA) is 58.6 Å². The van der Waals surface area contributed by atoms with E-state index in [4.69, 9.17) is 4.74 Å². The number of carbonyl (C=O) groups is 2. The fraction of sp³-hybridized carbons (Fsp3) is 0.412. The van der Waals surface area contributed by atoms with Crippen molar-refractivity contribution in [3.63, 3.8) is 0 Å². The van der Waals surface area contributed by atoms with Crippen molar-refractivity contribution in [2.45, 2.75) is 25.8 Å². The number of benzene rings is 1. The molecule has 1 atom stereocenters. The van der Waals surface area contributed by atoms with Crippen LogP contribution in [0.2, 0.25) is 0 Å². The third-order valence-electron chi connectivity index (χ3n) is 3.70. The molecule has 2 amide bonds. The summed E-state index contributed by atoms with van der Waals surface area (Å²) >= 11 is 0. The highest BCUT2D eigenvalue weighted by Gasteiger charge is 2.27. The minimum atomic E-state index is -0.249. The van der Waals surface area contributed by atoms with Crippen LogP contribution < -0.4 is 5.32 Å².